The summed E-state index contributed by atoms with van der Waals surface area (Å²) in [6.07, 6.45) is 1.74. The highest BCUT2D eigenvalue weighted by molar-refractivity contribution is 6.31. The fraction of sp³-hybridized carbons (Fsp3) is 0.174. The molecule has 8 heteroatoms. The number of furan rings is 1. The molecule has 1 aliphatic rings. The quantitative estimate of drug-likeness (QED) is 0.462. The van der Waals surface area contributed by atoms with Crippen molar-refractivity contribution in [2.45, 2.75) is 12.3 Å². The molecule has 1 aromatic heterocycles. The zero-order valence-electron chi connectivity index (χ0n) is 16.4. The molecule has 0 spiro atoms. The molecule has 0 aliphatic carbocycles. The van der Waals surface area contributed by atoms with E-state index in [1.54, 1.807) is 18.2 Å². The molecule has 158 valence electrons. The number of hydrogen-bond acceptors (Lipinski definition) is 4. The summed E-state index contributed by atoms with van der Waals surface area (Å²) in [5.41, 5.74) is 4.12. The molecule has 31 heavy (non-hydrogen) atoms. The number of halogens is 2. The number of amides is 2. The van der Waals surface area contributed by atoms with E-state index in [1.165, 1.54) is 23.2 Å². The minimum absolute atomic E-state index is 0.00217. The zero-order chi connectivity index (χ0) is 21.8. The highest BCUT2D eigenvalue weighted by Crippen LogP contribution is 2.28. The number of carbonyl (C=O) groups is 2. The fourth-order valence-electron chi connectivity index (χ4n) is 3.48. The number of carbonyl (C=O) groups excluding carboxylic acids is 2. The molecule has 4 rings (SSSR count). The van der Waals surface area contributed by atoms with Crippen molar-refractivity contribution in [3.63, 3.8) is 0 Å². The molecule has 3 aromatic rings. The summed E-state index contributed by atoms with van der Waals surface area (Å²) in [6, 6.07) is 17.4. The van der Waals surface area contributed by atoms with E-state index in [0.717, 1.165) is 5.56 Å². The summed E-state index contributed by atoms with van der Waals surface area (Å²) in [5.74, 6) is 0.0259. The Kier molecular flexibility index (Phi) is 6.13. The number of nitrogens with zero attached hydrogens (tertiary/aromatic N) is 2. The molecule has 6 nitrogen and oxygen atoms in total. The van der Waals surface area contributed by atoms with E-state index < -0.39 is 11.7 Å². The van der Waals surface area contributed by atoms with Crippen molar-refractivity contribution in [2.24, 2.45) is 5.10 Å². The van der Waals surface area contributed by atoms with Crippen LogP contribution in [-0.4, -0.2) is 36.0 Å². The van der Waals surface area contributed by atoms with Crippen LogP contribution < -0.4 is 5.43 Å². The van der Waals surface area contributed by atoms with Crippen molar-refractivity contribution < 1.29 is 18.4 Å². The first kappa shape index (κ1) is 20.8. The number of hydrogen-bond donors (Lipinski definition) is 1. The maximum atomic E-state index is 13.3. The minimum Gasteiger partial charge on any atom is -0.455 e. The first-order chi connectivity index (χ1) is 15.0. The van der Waals surface area contributed by atoms with Crippen LogP contribution in [0.3, 0.4) is 0 Å². The molecule has 2 amide bonds. The van der Waals surface area contributed by atoms with Crippen LogP contribution in [0, 0.1) is 5.82 Å². The zero-order valence-corrected chi connectivity index (χ0v) is 17.2. The summed E-state index contributed by atoms with van der Waals surface area (Å²) in [4.78, 5) is 25.9. The molecule has 0 saturated carbocycles. The van der Waals surface area contributed by atoms with Gasteiger partial charge in [0.05, 0.1) is 11.2 Å². The average molecular weight is 440 g/mol. The van der Waals surface area contributed by atoms with Gasteiger partial charge in [0.2, 0.25) is 5.91 Å². The van der Waals surface area contributed by atoms with Gasteiger partial charge in [0.15, 0.2) is 0 Å². The Morgan fingerprint density at radius 3 is 2.81 bits per heavy atom. The molecule has 2 heterocycles. The second kappa shape index (κ2) is 9.14. The van der Waals surface area contributed by atoms with Gasteiger partial charge in [-0.05, 0) is 35.9 Å². The van der Waals surface area contributed by atoms with Crippen LogP contribution in [0.5, 0.6) is 0 Å². The molecule has 0 radical (unpaired) electrons. The summed E-state index contributed by atoms with van der Waals surface area (Å²) >= 11 is 5.79. The molecule has 1 atom stereocenters. The van der Waals surface area contributed by atoms with E-state index in [1.807, 2.05) is 30.3 Å². The lowest BCUT2D eigenvalue weighted by Crippen LogP contribution is -2.36. The second-order valence-electron chi connectivity index (χ2n) is 7.21. The number of hydrazone groups is 1. The SMILES string of the molecule is O=C(CN1C[C@H](c2ccccc2)CC1=O)N/N=C\c1ccc(-c2ccc(F)c(Cl)c2)o1. The van der Waals surface area contributed by atoms with E-state index in [4.69, 9.17) is 16.0 Å². The van der Waals surface area contributed by atoms with E-state index in [9.17, 15) is 14.0 Å². The largest absolute Gasteiger partial charge is 0.455 e. The van der Waals surface area contributed by atoms with Crippen molar-refractivity contribution in [3.05, 3.63) is 82.8 Å². The summed E-state index contributed by atoms with van der Waals surface area (Å²) in [5, 5.41) is 3.88. The topological polar surface area (TPSA) is 74.9 Å². The third kappa shape index (κ3) is 5.00. The van der Waals surface area contributed by atoms with Gasteiger partial charge < -0.3 is 9.32 Å². The third-order valence-electron chi connectivity index (χ3n) is 5.03. The van der Waals surface area contributed by atoms with Gasteiger partial charge in [0, 0.05) is 24.4 Å². The van der Waals surface area contributed by atoms with Crippen molar-refractivity contribution in [1.29, 1.82) is 0 Å². The van der Waals surface area contributed by atoms with Crippen molar-refractivity contribution >= 4 is 29.6 Å². The Morgan fingerprint density at radius 1 is 1.23 bits per heavy atom. The van der Waals surface area contributed by atoms with Gasteiger partial charge in [0.1, 0.15) is 23.9 Å². The Bertz CT molecular complexity index is 1130. The van der Waals surface area contributed by atoms with Crippen LogP contribution in [0.15, 0.2) is 70.2 Å². The maximum absolute atomic E-state index is 13.3. The Balaban J connectivity index is 1.30. The van der Waals surface area contributed by atoms with Gasteiger partial charge in [-0.15, -0.1) is 0 Å². The summed E-state index contributed by atoms with van der Waals surface area (Å²) in [6.45, 7) is 0.443. The predicted octanol–water partition coefficient (Wildman–Crippen LogP) is 4.21. The number of rotatable bonds is 6. The minimum atomic E-state index is -0.506. The fourth-order valence-corrected chi connectivity index (χ4v) is 3.66. The number of nitrogens with one attached hydrogen (secondary N) is 1. The van der Waals surface area contributed by atoms with E-state index in [2.05, 4.69) is 10.5 Å². The lowest BCUT2D eigenvalue weighted by atomic mass is 9.99. The smallest absolute Gasteiger partial charge is 0.259 e. The highest BCUT2D eigenvalue weighted by Gasteiger charge is 2.31. The third-order valence-corrected chi connectivity index (χ3v) is 5.32. The van der Waals surface area contributed by atoms with Crippen LogP contribution >= 0.6 is 11.6 Å². The predicted molar refractivity (Wildman–Crippen MR) is 115 cm³/mol. The van der Waals surface area contributed by atoms with Crippen LogP contribution in [0.25, 0.3) is 11.3 Å². The van der Waals surface area contributed by atoms with E-state index in [0.29, 0.717) is 30.0 Å². The summed E-state index contributed by atoms with van der Waals surface area (Å²) in [7, 11) is 0. The highest BCUT2D eigenvalue weighted by atomic mass is 35.5. The van der Waals surface area contributed by atoms with Gasteiger partial charge in [-0.3, -0.25) is 9.59 Å². The molecule has 1 N–H and O–H groups in total. The standard InChI is InChI=1S/C23H19ClFN3O3/c24-19-10-16(6-8-20(19)25)21-9-7-18(31-21)12-26-27-22(29)14-28-13-17(11-23(28)30)15-4-2-1-3-5-15/h1-10,12,17H,11,13-14H2,(H,27,29)/b26-12-/t17-/m1/s1. The van der Waals surface area contributed by atoms with Gasteiger partial charge in [-0.2, -0.15) is 5.10 Å². The molecule has 1 fully saturated rings. The van der Waals surface area contributed by atoms with Crippen LogP contribution in [0.2, 0.25) is 5.02 Å². The molecular weight excluding hydrogens is 421 g/mol. The van der Waals surface area contributed by atoms with E-state index in [-0.39, 0.29) is 23.4 Å². The number of benzene rings is 2. The monoisotopic (exact) mass is 439 g/mol. The first-order valence-electron chi connectivity index (χ1n) is 9.69. The Morgan fingerprint density at radius 2 is 2.03 bits per heavy atom. The van der Waals surface area contributed by atoms with Crippen LogP contribution in [0.1, 0.15) is 23.7 Å². The Hall–Kier alpha value is -3.45. The van der Waals surface area contributed by atoms with Crippen LogP contribution in [-0.2, 0) is 9.59 Å². The van der Waals surface area contributed by atoms with Crippen LogP contribution in [0.4, 0.5) is 4.39 Å². The summed E-state index contributed by atoms with van der Waals surface area (Å²) < 4.78 is 18.9. The normalized spacial score (nSPS) is 16.3. The molecule has 0 bridgehead atoms. The maximum Gasteiger partial charge on any atom is 0.259 e. The van der Waals surface area contributed by atoms with Gasteiger partial charge in [0.25, 0.3) is 5.91 Å². The number of likely N-dealkylation sites (tertiary alicyclic amines) is 1. The van der Waals surface area contributed by atoms with Crippen molar-refractivity contribution in [2.75, 3.05) is 13.1 Å². The first-order valence-corrected chi connectivity index (χ1v) is 10.1. The molecule has 0 unspecified atom stereocenters. The van der Waals surface area contributed by atoms with Gasteiger partial charge in [-0.25, -0.2) is 9.82 Å². The lowest BCUT2D eigenvalue weighted by Gasteiger charge is -2.15. The molecule has 1 saturated heterocycles. The Labute approximate surface area is 183 Å². The molecule has 2 aromatic carbocycles. The van der Waals surface area contributed by atoms with Crippen molar-refractivity contribution in [3.8, 4) is 11.3 Å². The van der Waals surface area contributed by atoms with Gasteiger partial charge >= 0.3 is 0 Å². The lowest BCUT2D eigenvalue weighted by molar-refractivity contribution is -0.133. The van der Waals surface area contributed by atoms with E-state index >= 15 is 0 Å². The molecule has 1 aliphatic heterocycles. The molecular formula is C23H19ClFN3O3. The van der Waals surface area contributed by atoms with Gasteiger partial charge in [-0.1, -0.05) is 41.9 Å². The average Bonchev–Trinajstić information content (AvgIpc) is 3.38. The second-order valence-corrected chi connectivity index (χ2v) is 7.62. The van der Waals surface area contributed by atoms with Crippen molar-refractivity contribution in [1.82, 2.24) is 10.3 Å².